The third kappa shape index (κ3) is 4.29. The van der Waals surface area contributed by atoms with Crippen molar-refractivity contribution < 1.29 is 19.1 Å². The molecule has 2 aromatic carbocycles. The highest BCUT2D eigenvalue weighted by atomic mass is 16.5. The van der Waals surface area contributed by atoms with E-state index in [0.29, 0.717) is 22.5 Å². The first-order valence-electron chi connectivity index (χ1n) is 9.18. The van der Waals surface area contributed by atoms with E-state index in [1.165, 1.54) is 23.8 Å². The average Bonchev–Trinajstić information content (AvgIpc) is 2.71. The van der Waals surface area contributed by atoms with Gasteiger partial charge < -0.3 is 14.8 Å². The van der Waals surface area contributed by atoms with E-state index < -0.39 is 11.9 Å². The second kappa shape index (κ2) is 8.60. The molecule has 0 atom stereocenters. The van der Waals surface area contributed by atoms with Gasteiger partial charge in [0.05, 0.1) is 24.8 Å². The Morgan fingerprint density at radius 2 is 1.86 bits per heavy atom. The number of fused-ring (bicyclic) bond motifs is 1. The van der Waals surface area contributed by atoms with E-state index in [1.807, 2.05) is 19.1 Å². The van der Waals surface area contributed by atoms with Crippen LogP contribution in [0.5, 0.6) is 5.75 Å². The number of aryl methyl sites for hydroxylation is 1. The van der Waals surface area contributed by atoms with Gasteiger partial charge in [-0.15, -0.1) is 0 Å². The third-order valence-corrected chi connectivity index (χ3v) is 4.48. The first kappa shape index (κ1) is 20.1. The molecule has 3 rings (SSSR count). The summed E-state index contributed by atoms with van der Waals surface area (Å²) < 4.78 is 11.8. The third-order valence-electron chi connectivity index (χ3n) is 4.48. The van der Waals surface area contributed by atoms with Gasteiger partial charge in [-0.05, 0) is 43.7 Å². The molecular weight excluding hydrogens is 372 g/mol. The number of anilines is 1. The largest absolute Gasteiger partial charge is 0.495 e. The Hall–Kier alpha value is -3.61. The van der Waals surface area contributed by atoms with Crippen molar-refractivity contribution in [1.29, 1.82) is 0 Å². The Labute approximate surface area is 167 Å². The summed E-state index contributed by atoms with van der Waals surface area (Å²) in [5.74, 6) is -0.348. The molecule has 150 valence electrons. The monoisotopic (exact) mass is 394 g/mol. The second-order valence-electron chi connectivity index (χ2n) is 6.46. The van der Waals surface area contributed by atoms with Crippen molar-refractivity contribution in [3.05, 3.63) is 70.0 Å². The maximum Gasteiger partial charge on any atom is 0.338 e. The highest BCUT2D eigenvalue weighted by molar-refractivity contribution is 5.95. The Bertz CT molecular complexity index is 1130. The van der Waals surface area contributed by atoms with Gasteiger partial charge in [0.2, 0.25) is 5.91 Å². The normalized spacial score (nSPS) is 10.6. The van der Waals surface area contributed by atoms with E-state index in [9.17, 15) is 14.4 Å². The van der Waals surface area contributed by atoms with Gasteiger partial charge in [-0.25, -0.2) is 4.79 Å². The molecule has 0 saturated carbocycles. The first-order valence-corrected chi connectivity index (χ1v) is 9.18. The van der Waals surface area contributed by atoms with Crippen molar-refractivity contribution in [2.75, 3.05) is 19.0 Å². The molecule has 0 fully saturated rings. The smallest absolute Gasteiger partial charge is 0.338 e. The molecule has 29 heavy (non-hydrogen) atoms. The molecule has 0 unspecified atom stereocenters. The molecule has 1 aromatic heterocycles. The van der Waals surface area contributed by atoms with Crippen LogP contribution in [0.4, 0.5) is 5.69 Å². The molecule has 7 heteroatoms. The van der Waals surface area contributed by atoms with Crippen molar-refractivity contribution in [1.82, 2.24) is 4.57 Å². The van der Waals surface area contributed by atoms with Crippen molar-refractivity contribution >= 4 is 28.5 Å². The number of methoxy groups -OCH3 is 1. The summed E-state index contributed by atoms with van der Waals surface area (Å²) >= 11 is 0. The van der Waals surface area contributed by atoms with E-state index in [-0.39, 0.29) is 18.7 Å². The van der Waals surface area contributed by atoms with Gasteiger partial charge in [-0.3, -0.25) is 14.2 Å². The van der Waals surface area contributed by atoms with Crippen molar-refractivity contribution in [3.8, 4) is 5.75 Å². The molecule has 0 radical (unpaired) electrons. The molecule has 0 aliphatic heterocycles. The summed E-state index contributed by atoms with van der Waals surface area (Å²) in [7, 11) is 1.52. The van der Waals surface area contributed by atoms with E-state index in [4.69, 9.17) is 9.47 Å². The number of pyridine rings is 1. The van der Waals surface area contributed by atoms with E-state index in [1.54, 1.807) is 31.2 Å². The van der Waals surface area contributed by atoms with Crippen LogP contribution in [0.15, 0.2) is 53.3 Å². The van der Waals surface area contributed by atoms with E-state index >= 15 is 0 Å². The fourth-order valence-electron chi connectivity index (χ4n) is 3.17. The Morgan fingerprint density at radius 3 is 2.59 bits per heavy atom. The number of para-hydroxylation sites is 1. The molecule has 0 spiro atoms. The maximum atomic E-state index is 12.6. The van der Waals surface area contributed by atoms with Crippen LogP contribution in [0.1, 0.15) is 22.8 Å². The lowest BCUT2D eigenvalue weighted by Crippen LogP contribution is -2.28. The van der Waals surface area contributed by atoms with Crippen LogP contribution >= 0.6 is 0 Å². The van der Waals surface area contributed by atoms with Gasteiger partial charge in [0, 0.05) is 17.1 Å². The topological polar surface area (TPSA) is 86.6 Å². The lowest BCUT2D eigenvalue weighted by atomic mass is 10.1. The minimum atomic E-state index is -0.464. The average molecular weight is 394 g/mol. The molecule has 3 aromatic rings. The molecule has 1 N–H and O–H groups in total. The van der Waals surface area contributed by atoms with Crippen LogP contribution in [0.2, 0.25) is 0 Å². The molecule has 0 bridgehead atoms. The summed E-state index contributed by atoms with van der Waals surface area (Å²) in [4.78, 5) is 37.1. The number of ether oxygens (including phenoxy) is 2. The van der Waals surface area contributed by atoms with Crippen LogP contribution in [0.3, 0.4) is 0 Å². The standard InChI is InChI=1S/C22H22N2O5/c1-4-29-22(27)15-7-5-8-16(12-15)23-19(25)13-24-20(26)11-14(2)17-9-6-10-18(28-3)21(17)24/h5-12H,4,13H2,1-3H3,(H,23,25). The predicted octanol–water partition coefficient (Wildman–Crippen LogP) is 3.13. The minimum Gasteiger partial charge on any atom is -0.495 e. The highest BCUT2D eigenvalue weighted by Gasteiger charge is 2.15. The number of esters is 1. The molecule has 7 nitrogen and oxygen atoms in total. The van der Waals surface area contributed by atoms with Crippen LogP contribution in [-0.2, 0) is 16.1 Å². The molecule has 1 amide bonds. The van der Waals surface area contributed by atoms with Gasteiger partial charge in [0.15, 0.2) is 0 Å². The van der Waals surface area contributed by atoms with E-state index in [0.717, 1.165) is 10.9 Å². The quantitative estimate of drug-likeness (QED) is 0.649. The van der Waals surface area contributed by atoms with Gasteiger partial charge in [-0.1, -0.05) is 18.2 Å². The zero-order chi connectivity index (χ0) is 21.0. The summed E-state index contributed by atoms with van der Waals surface area (Å²) in [6.45, 7) is 3.64. The van der Waals surface area contributed by atoms with E-state index in [2.05, 4.69) is 5.32 Å². The summed E-state index contributed by atoms with van der Waals surface area (Å²) in [6.07, 6.45) is 0. The van der Waals surface area contributed by atoms with Crippen molar-refractivity contribution in [2.24, 2.45) is 0 Å². The number of rotatable bonds is 6. The van der Waals surface area contributed by atoms with Gasteiger partial charge in [0.25, 0.3) is 5.56 Å². The number of benzene rings is 2. The number of nitrogens with zero attached hydrogens (tertiary/aromatic N) is 1. The molecular formula is C22H22N2O5. The lowest BCUT2D eigenvalue weighted by Gasteiger charge is -2.15. The van der Waals surface area contributed by atoms with Crippen LogP contribution < -0.4 is 15.6 Å². The summed E-state index contributed by atoms with van der Waals surface area (Å²) in [5.41, 5.74) is 1.86. The van der Waals surface area contributed by atoms with Crippen molar-refractivity contribution in [3.63, 3.8) is 0 Å². The minimum absolute atomic E-state index is 0.195. The number of hydrogen-bond donors (Lipinski definition) is 1. The van der Waals surface area contributed by atoms with Gasteiger partial charge in [0.1, 0.15) is 12.3 Å². The van der Waals surface area contributed by atoms with Gasteiger partial charge >= 0.3 is 5.97 Å². The lowest BCUT2D eigenvalue weighted by molar-refractivity contribution is -0.116. The Kier molecular flexibility index (Phi) is 5.97. The van der Waals surface area contributed by atoms with Gasteiger partial charge in [-0.2, -0.15) is 0 Å². The molecule has 0 saturated heterocycles. The summed E-state index contributed by atoms with van der Waals surface area (Å²) in [6, 6.07) is 13.4. The highest BCUT2D eigenvalue weighted by Crippen LogP contribution is 2.26. The number of carbonyl (C=O) groups excluding carboxylic acids is 2. The second-order valence-corrected chi connectivity index (χ2v) is 6.46. The van der Waals surface area contributed by atoms with Crippen LogP contribution in [0.25, 0.3) is 10.9 Å². The summed E-state index contributed by atoms with van der Waals surface area (Å²) in [5, 5.41) is 3.56. The number of hydrogen-bond acceptors (Lipinski definition) is 5. The van der Waals surface area contributed by atoms with Crippen molar-refractivity contribution in [2.45, 2.75) is 20.4 Å². The number of aromatic nitrogens is 1. The maximum absolute atomic E-state index is 12.6. The molecule has 0 aliphatic carbocycles. The zero-order valence-electron chi connectivity index (χ0n) is 16.5. The predicted molar refractivity (Wildman–Crippen MR) is 111 cm³/mol. The zero-order valence-corrected chi connectivity index (χ0v) is 16.5. The first-order chi connectivity index (χ1) is 13.9. The molecule has 1 heterocycles. The number of amides is 1. The fraction of sp³-hybridized carbons (Fsp3) is 0.227. The SMILES string of the molecule is CCOC(=O)c1cccc(NC(=O)Cn2c(=O)cc(C)c3cccc(OC)c32)c1. The number of nitrogens with one attached hydrogen (secondary N) is 1. The van der Waals surface area contributed by atoms with Crippen LogP contribution in [-0.4, -0.2) is 30.2 Å². The number of carbonyl (C=O) groups is 2. The molecule has 0 aliphatic rings. The Balaban J connectivity index is 1.91. The Morgan fingerprint density at radius 1 is 1.10 bits per heavy atom. The fourth-order valence-corrected chi connectivity index (χ4v) is 3.17. The van der Waals surface area contributed by atoms with Crippen LogP contribution in [0, 0.1) is 6.92 Å².